The molecule has 12 nitrogen and oxygen atoms in total. The van der Waals surface area contributed by atoms with E-state index in [1.807, 2.05) is 61.5 Å². The topological polar surface area (TPSA) is 132 Å². The van der Waals surface area contributed by atoms with Gasteiger partial charge in [-0.3, -0.25) is 4.90 Å². The van der Waals surface area contributed by atoms with E-state index in [4.69, 9.17) is 35.5 Å². The van der Waals surface area contributed by atoms with Crippen molar-refractivity contribution >= 4 is 39.1 Å². The summed E-state index contributed by atoms with van der Waals surface area (Å²) in [7, 11) is 3.74. The number of carboxylic acid groups (broad SMARTS) is 1. The van der Waals surface area contributed by atoms with Gasteiger partial charge in [0.25, 0.3) is 0 Å². The van der Waals surface area contributed by atoms with E-state index in [1.165, 1.54) is 29.8 Å². The van der Waals surface area contributed by atoms with Gasteiger partial charge in [-0.1, -0.05) is 54.1 Å². The van der Waals surface area contributed by atoms with E-state index in [0.29, 0.717) is 74.5 Å². The zero-order valence-electron chi connectivity index (χ0n) is 35.6. The number of rotatable bonds is 9. The van der Waals surface area contributed by atoms with Crippen LogP contribution in [0.2, 0.25) is 5.02 Å². The van der Waals surface area contributed by atoms with Crippen LogP contribution in [-0.2, 0) is 24.2 Å². The molecule has 2 atom stereocenters. The van der Waals surface area contributed by atoms with E-state index >= 15 is 0 Å². The zero-order chi connectivity index (χ0) is 44.3. The van der Waals surface area contributed by atoms with Crippen molar-refractivity contribution in [3.63, 3.8) is 0 Å². The average molecular weight is 901 g/mol. The van der Waals surface area contributed by atoms with Gasteiger partial charge in [-0.15, -0.1) is 11.3 Å². The number of benzene rings is 4. The number of carbonyl (C=O) groups is 1. The van der Waals surface area contributed by atoms with Crippen LogP contribution in [-0.4, -0.2) is 99.9 Å². The molecule has 15 heteroatoms. The third kappa shape index (κ3) is 9.23. The fourth-order valence-electron chi connectivity index (χ4n) is 8.28. The molecule has 1 saturated heterocycles. The molecule has 7 aromatic rings. The molecule has 0 amide bonds. The standard InChI is InChI=1S/C49H46ClFN6O6S/c1-29-36-15-17-40(44(29)50)62-35(26-57-22-20-56(2)21-23-57)14-8-30-9-16-38(61-27-34-18-19-52-46(55-34)37-6-4-5-7-39(37)60-3)32(24-30)25-41(49(58)59)63-47-43-42(36)45(64-48(43)54-28-53-47)31-10-12-33(51)13-11-31/h4-7,9-13,15-19,24,28,35,41H,8,14,20-23,25-27H2,1-3H3,(H,58,59)/t35-,41-/m1/s1. The monoisotopic (exact) mass is 900 g/mol. The Morgan fingerprint density at radius 2 is 1.77 bits per heavy atom. The summed E-state index contributed by atoms with van der Waals surface area (Å²) in [6, 6.07) is 25.3. The van der Waals surface area contributed by atoms with Crippen molar-refractivity contribution in [2.24, 2.45) is 0 Å². The third-order valence-corrected chi connectivity index (χ3v) is 13.4. The lowest BCUT2D eigenvalue weighted by Crippen LogP contribution is -2.48. The van der Waals surface area contributed by atoms with Gasteiger partial charge >= 0.3 is 5.97 Å². The number of methoxy groups -OCH3 is 1. The number of ether oxygens (including phenoxy) is 4. The highest BCUT2D eigenvalue weighted by molar-refractivity contribution is 7.22. The van der Waals surface area contributed by atoms with E-state index in [1.54, 1.807) is 31.5 Å². The number of thiophene rings is 1. The fraction of sp³-hybridized carbons (Fsp3) is 0.286. The Morgan fingerprint density at radius 1 is 0.953 bits per heavy atom. The van der Waals surface area contributed by atoms with Crippen LogP contribution in [0.25, 0.3) is 43.2 Å². The number of piperazine rings is 1. The van der Waals surface area contributed by atoms with Crippen LogP contribution in [0.1, 0.15) is 28.8 Å². The summed E-state index contributed by atoms with van der Waals surface area (Å²) in [6.45, 7) is 6.49. The number of aromatic nitrogens is 4. The number of para-hydroxylation sites is 1. The van der Waals surface area contributed by atoms with Gasteiger partial charge in [0, 0.05) is 55.8 Å². The van der Waals surface area contributed by atoms with Crippen LogP contribution < -0.4 is 18.9 Å². The van der Waals surface area contributed by atoms with Crippen LogP contribution in [0.4, 0.5) is 4.39 Å². The number of hydrogen-bond donors (Lipinski definition) is 1. The molecule has 0 saturated carbocycles. The highest BCUT2D eigenvalue weighted by Crippen LogP contribution is 2.50. The van der Waals surface area contributed by atoms with Gasteiger partial charge in [-0.05, 0) is 97.1 Å². The van der Waals surface area contributed by atoms with E-state index < -0.39 is 12.1 Å². The second kappa shape index (κ2) is 18.9. The molecule has 6 heterocycles. The largest absolute Gasteiger partial charge is 0.496 e. The van der Waals surface area contributed by atoms with Crippen LogP contribution in [0.15, 0.2) is 97.5 Å². The Hall–Kier alpha value is -6.19. The van der Waals surface area contributed by atoms with Crippen LogP contribution >= 0.6 is 22.9 Å². The maximum atomic E-state index is 14.3. The summed E-state index contributed by atoms with van der Waals surface area (Å²) in [5, 5.41) is 11.8. The molecule has 4 aromatic carbocycles. The average Bonchev–Trinajstić information content (AvgIpc) is 3.70. The Morgan fingerprint density at radius 3 is 2.56 bits per heavy atom. The Balaban J connectivity index is 1.13. The second-order valence-electron chi connectivity index (χ2n) is 16.1. The predicted octanol–water partition coefficient (Wildman–Crippen LogP) is 9.19. The smallest absolute Gasteiger partial charge is 0.345 e. The summed E-state index contributed by atoms with van der Waals surface area (Å²) in [6.07, 6.45) is 2.68. The first kappa shape index (κ1) is 43.1. The van der Waals surface area contributed by atoms with Gasteiger partial charge in [0.2, 0.25) is 12.0 Å². The number of halogens is 2. The van der Waals surface area contributed by atoms with Crippen molar-refractivity contribution in [1.82, 2.24) is 29.7 Å². The van der Waals surface area contributed by atoms with Gasteiger partial charge in [-0.25, -0.2) is 29.1 Å². The summed E-state index contributed by atoms with van der Waals surface area (Å²) in [5.74, 6) is 0.729. The van der Waals surface area contributed by atoms with Gasteiger partial charge in [0.15, 0.2) is 5.82 Å². The number of hydrogen-bond acceptors (Lipinski definition) is 12. The maximum absolute atomic E-state index is 14.3. The summed E-state index contributed by atoms with van der Waals surface area (Å²) < 4.78 is 39.7. The first-order valence-electron chi connectivity index (χ1n) is 21.1. The summed E-state index contributed by atoms with van der Waals surface area (Å²) in [4.78, 5) is 37.8. The molecule has 1 N–H and O–H groups in total. The number of likely N-dealkylation sites (N-methyl/N-ethyl adjacent to an activating group) is 1. The number of nitrogens with zero attached hydrogens (tertiary/aromatic N) is 6. The molecule has 4 bridgehead atoms. The molecule has 64 heavy (non-hydrogen) atoms. The van der Waals surface area contributed by atoms with Gasteiger partial charge < -0.3 is 29.0 Å². The lowest BCUT2D eigenvalue weighted by molar-refractivity contribution is -0.145. The van der Waals surface area contributed by atoms with Crippen molar-refractivity contribution in [3.05, 3.63) is 131 Å². The minimum atomic E-state index is -1.38. The molecule has 3 aliphatic heterocycles. The van der Waals surface area contributed by atoms with Crippen molar-refractivity contribution in [2.75, 3.05) is 46.9 Å². The molecule has 328 valence electrons. The normalized spacial score (nSPS) is 17.1. The molecular formula is C49H46ClFN6O6S. The van der Waals surface area contributed by atoms with Crippen molar-refractivity contribution in [2.45, 2.75) is 45.0 Å². The number of aliphatic carboxylic acids is 1. The molecule has 3 aliphatic rings. The van der Waals surface area contributed by atoms with E-state index in [-0.39, 0.29) is 30.8 Å². The third-order valence-electron chi connectivity index (χ3n) is 11.8. The fourth-order valence-corrected chi connectivity index (χ4v) is 9.64. The molecule has 1 fully saturated rings. The number of carboxylic acids is 1. The summed E-state index contributed by atoms with van der Waals surface area (Å²) in [5.41, 5.74) is 5.93. The van der Waals surface area contributed by atoms with Crippen molar-refractivity contribution < 1.29 is 33.2 Å². The van der Waals surface area contributed by atoms with E-state index in [0.717, 1.165) is 58.9 Å². The summed E-state index contributed by atoms with van der Waals surface area (Å²) >= 11 is 8.65. The Kier molecular flexibility index (Phi) is 12.7. The molecule has 0 aliphatic carbocycles. The lowest BCUT2D eigenvalue weighted by Gasteiger charge is -2.35. The molecule has 0 spiro atoms. The van der Waals surface area contributed by atoms with Gasteiger partial charge in [0.1, 0.15) is 46.9 Å². The van der Waals surface area contributed by atoms with Gasteiger partial charge in [0.05, 0.1) is 28.8 Å². The first-order chi connectivity index (χ1) is 31.1. The molecule has 0 radical (unpaired) electrons. The van der Waals surface area contributed by atoms with Crippen LogP contribution in [0, 0.1) is 12.7 Å². The highest BCUT2D eigenvalue weighted by Gasteiger charge is 2.30. The van der Waals surface area contributed by atoms with Crippen LogP contribution in [0.3, 0.4) is 0 Å². The Labute approximate surface area is 379 Å². The highest BCUT2D eigenvalue weighted by atomic mass is 35.5. The molecular weight excluding hydrogens is 855 g/mol. The van der Waals surface area contributed by atoms with E-state index in [2.05, 4.69) is 31.8 Å². The van der Waals surface area contributed by atoms with Crippen molar-refractivity contribution in [3.8, 4) is 56.1 Å². The molecule has 10 rings (SSSR count). The minimum Gasteiger partial charge on any atom is -0.496 e. The maximum Gasteiger partial charge on any atom is 0.345 e. The van der Waals surface area contributed by atoms with E-state index in [9.17, 15) is 14.3 Å². The predicted molar refractivity (Wildman–Crippen MR) is 245 cm³/mol. The minimum absolute atomic E-state index is 0.0507. The molecule has 0 unspecified atom stereocenters. The van der Waals surface area contributed by atoms with Gasteiger partial charge in [-0.2, -0.15) is 0 Å². The number of aryl methyl sites for hydroxylation is 1. The molecule has 3 aromatic heterocycles. The second-order valence-corrected chi connectivity index (χ2v) is 17.4. The van der Waals surface area contributed by atoms with Crippen molar-refractivity contribution in [1.29, 1.82) is 0 Å². The van der Waals surface area contributed by atoms with Crippen LogP contribution in [0.5, 0.6) is 23.1 Å². The first-order valence-corrected chi connectivity index (χ1v) is 22.3. The Bertz CT molecular complexity index is 2820. The number of fused-ring (bicyclic) bond motifs is 7. The SMILES string of the molecule is COc1ccccc1-c1nccc(COc2ccc3cc2C[C@H](C(=O)O)Oc2ncnc4sc(-c5ccc(F)cc5)c(c24)-c2ccc(c(Cl)c2C)O[C@@H](CN2CCN(C)CC2)CC3)n1. The lowest BCUT2D eigenvalue weighted by atomic mass is 9.96. The quantitative estimate of drug-likeness (QED) is 0.148. The zero-order valence-corrected chi connectivity index (χ0v) is 37.2.